The van der Waals surface area contributed by atoms with Crippen LogP contribution in [0, 0.1) is 12.3 Å². The Kier molecular flexibility index (Phi) is 3.59. The predicted octanol–water partition coefficient (Wildman–Crippen LogP) is 0.00232. The fourth-order valence-electron chi connectivity index (χ4n) is 2.66. The normalized spacial score (nSPS) is 19.7. The lowest BCUT2D eigenvalue weighted by molar-refractivity contribution is -0.144. The highest BCUT2D eigenvalue weighted by Gasteiger charge is 2.58. The smallest absolute Gasteiger partial charge is 0.241 e. The molecule has 118 valence electrons. The molecule has 0 radical (unpaired) electrons. The molecule has 8 nitrogen and oxygen atoms in total. The third-order valence-corrected chi connectivity index (χ3v) is 4.21. The molecule has 1 aromatic rings. The van der Waals surface area contributed by atoms with Gasteiger partial charge in [-0.15, -0.1) is 0 Å². The number of carbonyl (C=O) groups is 3. The number of rotatable bonds is 4. The van der Waals surface area contributed by atoms with Gasteiger partial charge in [-0.1, -0.05) is 5.16 Å². The first-order valence-corrected chi connectivity index (χ1v) is 7.29. The van der Waals surface area contributed by atoms with Gasteiger partial charge in [-0.25, -0.2) is 0 Å². The van der Waals surface area contributed by atoms with Crippen molar-refractivity contribution in [2.75, 3.05) is 31.5 Å². The van der Waals surface area contributed by atoms with Crippen LogP contribution in [0.25, 0.3) is 0 Å². The van der Waals surface area contributed by atoms with Gasteiger partial charge in [-0.2, -0.15) is 0 Å². The molecule has 1 saturated heterocycles. The summed E-state index contributed by atoms with van der Waals surface area (Å²) in [6.45, 7) is 3.68. The topological polar surface area (TPSA) is 95.8 Å². The maximum Gasteiger partial charge on any atom is 0.241 e. The van der Waals surface area contributed by atoms with E-state index in [9.17, 15) is 14.4 Å². The van der Waals surface area contributed by atoms with E-state index in [1.54, 1.807) is 22.8 Å². The summed E-state index contributed by atoms with van der Waals surface area (Å²) >= 11 is 0. The van der Waals surface area contributed by atoms with Crippen molar-refractivity contribution in [2.24, 2.45) is 5.41 Å². The van der Waals surface area contributed by atoms with Crippen molar-refractivity contribution in [1.82, 2.24) is 15.0 Å². The summed E-state index contributed by atoms with van der Waals surface area (Å²) in [6.07, 6.45) is 1.87. The van der Waals surface area contributed by atoms with Gasteiger partial charge in [-0.05, 0) is 19.8 Å². The van der Waals surface area contributed by atoms with Gasteiger partial charge in [-0.3, -0.25) is 14.4 Å². The molecule has 3 rings (SSSR count). The molecule has 1 N–H and O–H groups in total. The van der Waals surface area contributed by atoms with Crippen LogP contribution in [0.15, 0.2) is 10.6 Å². The number of carbonyl (C=O) groups excluding carboxylic acids is 3. The van der Waals surface area contributed by atoms with Crippen LogP contribution in [-0.4, -0.2) is 59.4 Å². The molecule has 0 aromatic carbocycles. The Morgan fingerprint density at radius 1 is 1.32 bits per heavy atom. The van der Waals surface area contributed by atoms with E-state index >= 15 is 0 Å². The van der Waals surface area contributed by atoms with E-state index in [1.165, 1.54) is 0 Å². The quantitative estimate of drug-likeness (QED) is 0.624. The highest BCUT2D eigenvalue weighted by molar-refractivity contribution is 6.12. The zero-order valence-electron chi connectivity index (χ0n) is 12.4. The second-order valence-corrected chi connectivity index (χ2v) is 5.79. The molecule has 1 aliphatic carbocycles. The Hall–Kier alpha value is -2.38. The lowest BCUT2D eigenvalue weighted by Gasteiger charge is -2.34. The summed E-state index contributed by atoms with van der Waals surface area (Å²) < 4.78 is 4.90. The molecule has 2 heterocycles. The Balaban J connectivity index is 1.64. The number of anilines is 1. The number of hydrogen-bond acceptors (Lipinski definition) is 5. The van der Waals surface area contributed by atoms with Crippen molar-refractivity contribution >= 4 is 24.0 Å². The van der Waals surface area contributed by atoms with Crippen molar-refractivity contribution in [2.45, 2.75) is 19.8 Å². The van der Waals surface area contributed by atoms with Gasteiger partial charge in [0.25, 0.3) is 0 Å². The summed E-state index contributed by atoms with van der Waals surface area (Å²) in [4.78, 5) is 39.0. The molecule has 8 heteroatoms. The molecule has 2 fully saturated rings. The largest absolute Gasteiger partial charge is 0.360 e. The van der Waals surface area contributed by atoms with E-state index in [2.05, 4.69) is 10.5 Å². The van der Waals surface area contributed by atoms with Crippen molar-refractivity contribution in [3.8, 4) is 0 Å². The molecular formula is C14H18N4O4. The zero-order chi connectivity index (χ0) is 15.7. The minimum absolute atomic E-state index is 0.157. The minimum Gasteiger partial charge on any atom is -0.360 e. The van der Waals surface area contributed by atoms with Crippen LogP contribution in [-0.2, 0) is 14.4 Å². The van der Waals surface area contributed by atoms with Crippen molar-refractivity contribution in [3.05, 3.63) is 11.8 Å². The molecule has 3 amide bonds. The Bertz CT molecular complexity index is 600. The van der Waals surface area contributed by atoms with Gasteiger partial charge in [0.1, 0.15) is 11.2 Å². The van der Waals surface area contributed by atoms with Crippen molar-refractivity contribution in [1.29, 1.82) is 0 Å². The third-order valence-electron chi connectivity index (χ3n) is 4.21. The minimum atomic E-state index is -0.976. The van der Waals surface area contributed by atoms with Crippen LogP contribution in [0.2, 0.25) is 0 Å². The lowest BCUT2D eigenvalue weighted by Crippen LogP contribution is -2.52. The standard InChI is InChI=1S/C14H18N4O4/c1-10-8-11(16-22-10)15-12(20)14(2-3-14)13(21)18-6-4-17(9-19)5-7-18/h8-9H,2-7H2,1H3,(H,15,16,20). The highest BCUT2D eigenvalue weighted by atomic mass is 16.5. The number of aryl methyl sites for hydroxylation is 1. The van der Waals surface area contributed by atoms with Gasteiger partial charge in [0.05, 0.1) is 0 Å². The molecule has 1 aliphatic heterocycles. The van der Waals surface area contributed by atoms with Gasteiger partial charge in [0.15, 0.2) is 5.82 Å². The second-order valence-electron chi connectivity index (χ2n) is 5.79. The third kappa shape index (κ3) is 2.56. The monoisotopic (exact) mass is 306 g/mol. The van der Waals surface area contributed by atoms with Gasteiger partial charge in [0.2, 0.25) is 18.2 Å². The lowest BCUT2D eigenvalue weighted by atomic mass is 10.0. The SMILES string of the molecule is Cc1cc(NC(=O)C2(C(=O)N3CCN(C=O)CC3)CC2)no1. The number of hydrogen-bond donors (Lipinski definition) is 1. The maximum atomic E-state index is 12.6. The average Bonchev–Trinajstić information content (AvgIpc) is 3.25. The van der Waals surface area contributed by atoms with E-state index in [0.717, 1.165) is 6.41 Å². The Labute approximate surface area is 127 Å². The summed E-state index contributed by atoms with van der Waals surface area (Å²) in [7, 11) is 0. The van der Waals surface area contributed by atoms with E-state index in [4.69, 9.17) is 4.52 Å². The molecule has 2 aliphatic rings. The molecule has 22 heavy (non-hydrogen) atoms. The first-order chi connectivity index (χ1) is 10.5. The van der Waals surface area contributed by atoms with Crippen LogP contribution in [0.5, 0.6) is 0 Å². The Morgan fingerprint density at radius 2 is 2.00 bits per heavy atom. The molecule has 1 aromatic heterocycles. The van der Waals surface area contributed by atoms with E-state index in [1.807, 2.05) is 0 Å². The summed E-state index contributed by atoms with van der Waals surface area (Å²) in [5.41, 5.74) is -0.976. The number of nitrogens with one attached hydrogen (secondary N) is 1. The zero-order valence-corrected chi connectivity index (χ0v) is 12.4. The molecular weight excluding hydrogens is 288 g/mol. The summed E-state index contributed by atoms with van der Waals surface area (Å²) in [5, 5.41) is 6.36. The van der Waals surface area contributed by atoms with Crippen LogP contribution in [0.3, 0.4) is 0 Å². The number of piperazine rings is 1. The Morgan fingerprint density at radius 3 is 2.50 bits per heavy atom. The van der Waals surface area contributed by atoms with Crippen LogP contribution >= 0.6 is 0 Å². The number of nitrogens with zero attached hydrogens (tertiary/aromatic N) is 3. The fraction of sp³-hybridized carbons (Fsp3) is 0.571. The summed E-state index contributed by atoms with van der Waals surface area (Å²) in [6, 6.07) is 1.61. The molecule has 0 bridgehead atoms. The number of amides is 3. The number of aromatic nitrogens is 1. The van der Waals surface area contributed by atoms with Crippen LogP contribution in [0.4, 0.5) is 5.82 Å². The van der Waals surface area contributed by atoms with Crippen molar-refractivity contribution in [3.63, 3.8) is 0 Å². The van der Waals surface area contributed by atoms with Gasteiger partial charge < -0.3 is 19.6 Å². The van der Waals surface area contributed by atoms with Crippen LogP contribution < -0.4 is 5.32 Å². The fourth-order valence-corrected chi connectivity index (χ4v) is 2.66. The average molecular weight is 306 g/mol. The first kappa shape index (κ1) is 14.6. The highest BCUT2D eigenvalue weighted by Crippen LogP contribution is 2.48. The van der Waals surface area contributed by atoms with E-state index < -0.39 is 5.41 Å². The van der Waals surface area contributed by atoms with E-state index in [-0.39, 0.29) is 11.8 Å². The molecule has 0 unspecified atom stereocenters. The van der Waals surface area contributed by atoms with Crippen LogP contribution in [0.1, 0.15) is 18.6 Å². The summed E-state index contributed by atoms with van der Waals surface area (Å²) in [5.74, 6) is 0.434. The van der Waals surface area contributed by atoms with Gasteiger partial charge in [0, 0.05) is 32.2 Å². The second kappa shape index (κ2) is 5.43. The van der Waals surface area contributed by atoms with Crippen molar-refractivity contribution < 1.29 is 18.9 Å². The predicted molar refractivity (Wildman–Crippen MR) is 75.8 cm³/mol. The van der Waals surface area contributed by atoms with Gasteiger partial charge >= 0.3 is 0 Å². The van der Waals surface area contributed by atoms with E-state index in [0.29, 0.717) is 50.6 Å². The maximum absolute atomic E-state index is 12.6. The molecule has 0 spiro atoms. The molecule has 0 atom stereocenters. The first-order valence-electron chi connectivity index (χ1n) is 7.29. The molecule has 1 saturated carbocycles.